The molecule has 6 heteroatoms. The van der Waals surface area contributed by atoms with Crippen LogP contribution in [0.5, 0.6) is 0 Å². The summed E-state index contributed by atoms with van der Waals surface area (Å²) in [6.07, 6.45) is 14.4. The Kier molecular flexibility index (Phi) is 6.23. The first-order chi connectivity index (χ1) is 13.3. The van der Waals surface area contributed by atoms with Crippen molar-refractivity contribution >= 4 is 36.1 Å². The van der Waals surface area contributed by atoms with Crippen LogP contribution in [0.25, 0.3) is 0 Å². The third kappa shape index (κ3) is 3.83. The fraction of sp³-hybridized carbons (Fsp3) is 0.955. The quantitative estimate of drug-likeness (QED) is 0.325. The SMILES string of the molecule is CC1(C)C2CCC1(CS(=O)(=O)OI(C1CCCCC1)C1CCCCC1)C(=O)C2. The Hall–Kier alpha value is 0.310. The van der Waals surface area contributed by atoms with E-state index in [1.807, 2.05) is 0 Å². The molecule has 0 saturated heterocycles. The molecule has 0 amide bonds. The summed E-state index contributed by atoms with van der Waals surface area (Å²) in [5.74, 6) is 0.466. The molecule has 4 fully saturated rings. The van der Waals surface area contributed by atoms with E-state index in [0.717, 1.165) is 38.5 Å². The van der Waals surface area contributed by atoms with Crippen molar-refractivity contribution in [3.63, 3.8) is 0 Å². The second kappa shape index (κ2) is 8.10. The summed E-state index contributed by atoms with van der Waals surface area (Å²) < 4.78 is 34.0. The van der Waals surface area contributed by atoms with Crippen molar-refractivity contribution in [1.82, 2.24) is 0 Å². The van der Waals surface area contributed by atoms with E-state index in [4.69, 9.17) is 2.51 Å². The molecule has 2 atom stereocenters. The molecule has 4 rings (SSSR count). The summed E-state index contributed by atoms with van der Waals surface area (Å²) in [6, 6.07) is 0. The zero-order valence-corrected chi connectivity index (χ0v) is 20.5. The molecule has 0 aromatic rings. The van der Waals surface area contributed by atoms with E-state index in [1.165, 1.54) is 38.5 Å². The molecule has 162 valence electrons. The molecule has 4 nitrogen and oxygen atoms in total. The second-order valence-electron chi connectivity index (χ2n) is 10.2. The molecule has 0 N–H and O–H groups in total. The summed E-state index contributed by atoms with van der Waals surface area (Å²) >= 11 is -2.09. The van der Waals surface area contributed by atoms with Gasteiger partial charge in [-0.15, -0.1) is 0 Å². The van der Waals surface area contributed by atoms with Crippen molar-refractivity contribution in [3.05, 3.63) is 0 Å². The van der Waals surface area contributed by atoms with Gasteiger partial charge in [0.1, 0.15) is 0 Å². The number of rotatable bonds is 6. The van der Waals surface area contributed by atoms with Gasteiger partial charge in [0, 0.05) is 0 Å². The van der Waals surface area contributed by atoms with Crippen LogP contribution in [0.2, 0.25) is 0 Å². The minimum absolute atomic E-state index is 0.0598. The number of carbonyl (C=O) groups is 1. The number of hydrogen-bond donors (Lipinski definition) is 0. The molecule has 0 heterocycles. The third-order valence-electron chi connectivity index (χ3n) is 8.41. The molecule has 4 aliphatic rings. The Morgan fingerprint density at radius 1 is 0.929 bits per heavy atom. The van der Waals surface area contributed by atoms with Crippen molar-refractivity contribution in [2.45, 2.75) is 105 Å². The zero-order chi connectivity index (χ0) is 20.0. The molecular formula is C22H37IO4S. The van der Waals surface area contributed by atoms with Gasteiger partial charge in [-0.05, 0) is 0 Å². The third-order valence-corrected chi connectivity index (χ3v) is 18.4. The number of Topliss-reactive ketones (excluding diaryl/α,β-unsaturated/α-hetero) is 1. The maximum atomic E-state index is 13.4. The van der Waals surface area contributed by atoms with Gasteiger partial charge in [0.2, 0.25) is 0 Å². The normalized spacial score (nSPS) is 34.7. The second-order valence-corrected chi connectivity index (χ2v) is 18.1. The average molecular weight is 525 g/mol. The Morgan fingerprint density at radius 2 is 1.46 bits per heavy atom. The van der Waals surface area contributed by atoms with Gasteiger partial charge in [0.25, 0.3) is 0 Å². The molecule has 0 radical (unpaired) electrons. The van der Waals surface area contributed by atoms with E-state index in [9.17, 15) is 13.2 Å². The number of carbonyl (C=O) groups excluding carboxylic acids is 1. The van der Waals surface area contributed by atoms with Crippen LogP contribution in [0, 0.1) is 16.7 Å². The summed E-state index contributed by atoms with van der Waals surface area (Å²) in [4.78, 5) is 12.8. The van der Waals surface area contributed by atoms with E-state index in [1.54, 1.807) is 0 Å². The van der Waals surface area contributed by atoms with Gasteiger partial charge in [-0.3, -0.25) is 0 Å². The van der Waals surface area contributed by atoms with Gasteiger partial charge in [0.15, 0.2) is 0 Å². The van der Waals surface area contributed by atoms with Gasteiger partial charge in [-0.2, -0.15) is 0 Å². The van der Waals surface area contributed by atoms with Crippen LogP contribution in [-0.2, 0) is 17.4 Å². The average Bonchev–Trinajstić information content (AvgIpc) is 3.01. The molecule has 0 aromatic carbocycles. The van der Waals surface area contributed by atoms with Crippen molar-refractivity contribution in [1.29, 1.82) is 0 Å². The van der Waals surface area contributed by atoms with Crippen LogP contribution in [0.15, 0.2) is 0 Å². The van der Waals surface area contributed by atoms with E-state index in [0.29, 0.717) is 20.2 Å². The van der Waals surface area contributed by atoms with Crippen molar-refractivity contribution in [2.75, 3.05) is 5.75 Å². The topological polar surface area (TPSA) is 60.4 Å². The maximum absolute atomic E-state index is 13.4. The fourth-order valence-electron chi connectivity index (χ4n) is 6.43. The van der Waals surface area contributed by atoms with Crippen molar-refractivity contribution in [2.24, 2.45) is 16.7 Å². The Morgan fingerprint density at radius 3 is 1.89 bits per heavy atom. The molecule has 2 unspecified atom stereocenters. The van der Waals surface area contributed by atoms with Gasteiger partial charge in [-0.1, -0.05) is 0 Å². The standard InChI is InChI=1S/C22H37IO4S/c1-21(2)17-13-14-22(21,20(24)15-17)16-28(25,26)27-23(18-9-5-3-6-10-18)19-11-7-4-8-12-19/h17-19H,3-16H2,1-2H3. The first kappa shape index (κ1) is 21.5. The fourth-order valence-corrected chi connectivity index (χ4v) is 17.9. The van der Waals surface area contributed by atoms with Gasteiger partial charge < -0.3 is 0 Å². The first-order valence-corrected chi connectivity index (χ1v) is 16.3. The molecule has 0 aliphatic heterocycles. The zero-order valence-electron chi connectivity index (χ0n) is 17.6. The number of ketones is 1. The van der Waals surface area contributed by atoms with Crippen LogP contribution >= 0.6 is 20.2 Å². The minimum atomic E-state index is -3.66. The monoisotopic (exact) mass is 524 g/mol. The molecule has 2 bridgehead atoms. The van der Waals surface area contributed by atoms with E-state index in [2.05, 4.69) is 13.8 Å². The van der Waals surface area contributed by atoms with Crippen LogP contribution in [0.4, 0.5) is 0 Å². The molecule has 4 aliphatic carbocycles. The van der Waals surface area contributed by atoms with Crippen LogP contribution in [0.1, 0.15) is 97.3 Å². The van der Waals surface area contributed by atoms with Gasteiger partial charge in [0.05, 0.1) is 0 Å². The van der Waals surface area contributed by atoms with Crippen molar-refractivity contribution in [3.8, 4) is 0 Å². The van der Waals surface area contributed by atoms with Gasteiger partial charge in [-0.25, -0.2) is 0 Å². The summed E-state index contributed by atoms with van der Waals surface area (Å²) in [7, 11) is -3.66. The van der Waals surface area contributed by atoms with E-state index in [-0.39, 0.29) is 17.0 Å². The summed E-state index contributed by atoms with van der Waals surface area (Å²) in [5.41, 5.74) is -0.910. The number of halogens is 1. The Balaban J connectivity index is 1.54. The molecule has 0 aromatic heterocycles. The Bertz CT molecular complexity index is 673. The van der Waals surface area contributed by atoms with Crippen LogP contribution in [0.3, 0.4) is 0 Å². The van der Waals surface area contributed by atoms with Crippen LogP contribution in [-0.4, -0.2) is 27.8 Å². The summed E-state index contributed by atoms with van der Waals surface area (Å²) in [6.45, 7) is 4.23. The molecule has 28 heavy (non-hydrogen) atoms. The van der Waals surface area contributed by atoms with E-state index >= 15 is 0 Å². The van der Waals surface area contributed by atoms with Gasteiger partial charge >= 0.3 is 180 Å². The predicted molar refractivity (Wildman–Crippen MR) is 121 cm³/mol. The molecular weight excluding hydrogens is 487 g/mol. The number of alkyl halides is 2. The number of fused-ring (bicyclic) bond motifs is 2. The molecule has 0 spiro atoms. The Labute approximate surface area is 179 Å². The van der Waals surface area contributed by atoms with Crippen LogP contribution < -0.4 is 0 Å². The molecule has 4 saturated carbocycles. The predicted octanol–water partition coefficient (Wildman–Crippen LogP) is 5.82. The number of hydrogen-bond acceptors (Lipinski definition) is 4. The van der Waals surface area contributed by atoms with Crippen molar-refractivity contribution < 1.29 is 15.7 Å². The van der Waals surface area contributed by atoms with E-state index < -0.39 is 35.8 Å². The first-order valence-electron chi connectivity index (χ1n) is 11.4. The summed E-state index contributed by atoms with van der Waals surface area (Å²) in [5, 5.41) is 0.